The third kappa shape index (κ3) is 2.21. The minimum atomic E-state index is -0.0768. The number of nitriles is 1. The van der Waals surface area contributed by atoms with Crippen molar-refractivity contribution in [2.45, 2.75) is 19.5 Å². The first-order chi connectivity index (χ1) is 7.70. The van der Waals surface area contributed by atoms with Crippen molar-refractivity contribution >= 4 is 21.6 Å². The lowest BCUT2D eigenvalue weighted by Gasteiger charge is -2.16. The Morgan fingerprint density at radius 1 is 1.50 bits per heavy atom. The molecule has 1 heterocycles. The molecule has 0 saturated heterocycles. The summed E-state index contributed by atoms with van der Waals surface area (Å²) >= 11 is 1.69. The Balaban J connectivity index is 2.19. The molecule has 16 heavy (non-hydrogen) atoms. The Morgan fingerprint density at radius 2 is 2.25 bits per heavy atom. The van der Waals surface area contributed by atoms with Crippen molar-refractivity contribution in [2.24, 2.45) is 0 Å². The SMILES string of the molecule is CC(C#N)N(C)Cc1nc2ccccc2s1. The van der Waals surface area contributed by atoms with Gasteiger partial charge in [0.1, 0.15) is 5.01 Å². The molecule has 2 rings (SSSR count). The monoisotopic (exact) mass is 231 g/mol. The van der Waals surface area contributed by atoms with Crippen LogP contribution in [0.25, 0.3) is 10.2 Å². The molecular weight excluding hydrogens is 218 g/mol. The largest absolute Gasteiger partial charge is 0.285 e. The van der Waals surface area contributed by atoms with E-state index in [0.29, 0.717) is 0 Å². The summed E-state index contributed by atoms with van der Waals surface area (Å²) in [7, 11) is 1.94. The Bertz CT molecular complexity index is 493. The summed E-state index contributed by atoms with van der Waals surface area (Å²) in [6.07, 6.45) is 0. The van der Waals surface area contributed by atoms with Gasteiger partial charge in [-0.15, -0.1) is 11.3 Å². The smallest absolute Gasteiger partial charge is 0.108 e. The van der Waals surface area contributed by atoms with Crippen molar-refractivity contribution in [3.63, 3.8) is 0 Å². The lowest BCUT2D eigenvalue weighted by Crippen LogP contribution is -2.26. The highest BCUT2D eigenvalue weighted by molar-refractivity contribution is 7.18. The van der Waals surface area contributed by atoms with Gasteiger partial charge in [-0.05, 0) is 26.1 Å². The molecule has 1 unspecified atom stereocenters. The molecule has 0 aliphatic rings. The zero-order chi connectivity index (χ0) is 11.5. The molecule has 0 aliphatic carbocycles. The van der Waals surface area contributed by atoms with Crippen LogP contribution in [0, 0.1) is 11.3 Å². The number of hydrogen-bond donors (Lipinski definition) is 0. The zero-order valence-corrected chi connectivity index (χ0v) is 10.2. The van der Waals surface area contributed by atoms with Gasteiger partial charge < -0.3 is 0 Å². The number of hydrogen-bond acceptors (Lipinski definition) is 4. The van der Waals surface area contributed by atoms with E-state index in [-0.39, 0.29) is 6.04 Å². The third-order valence-corrected chi connectivity index (χ3v) is 3.59. The maximum atomic E-state index is 8.81. The van der Waals surface area contributed by atoms with Gasteiger partial charge >= 0.3 is 0 Å². The Kier molecular flexibility index (Phi) is 3.18. The maximum Gasteiger partial charge on any atom is 0.108 e. The first-order valence-electron chi connectivity index (χ1n) is 5.15. The number of para-hydroxylation sites is 1. The molecule has 1 aromatic heterocycles. The van der Waals surface area contributed by atoms with Crippen LogP contribution < -0.4 is 0 Å². The molecule has 2 aromatic rings. The lowest BCUT2D eigenvalue weighted by atomic mass is 10.3. The van der Waals surface area contributed by atoms with Crippen molar-refractivity contribution < 1.29 is 0 Å². The van der Waals surface area contributed by atoms with E-state index in [1.54, 1.807) is 11.3 Å². The van der Waals surface area contributed by atoms with Crippen LogP contribution in [-0.2, 0) is 6.54 Å². The second-order valence-electron chi connectivity index (χ2n) is 3.80. The second-order valence-corrected chi connectivity index (χ2v) is 4.91. The summed E-state index contributed by atoms with van der Waals surface area (Å²) in [6.45, 7) is 2.63. The number of fused-ring (bicyclic) bond motifs is 1. The van der Waals surface area contributed by atoms with E-state index in [0.717, 1.165) is 17.1 Å². The number of thiazole rings is 1. The molecule has 0 radical (unpaired) electrons. The number of nitrogens with zero attached hydrogens (tertiary/aromatic N) is 3. The topological polar surface area (TPSA) is 39.9 Å². The van der Waals surface area contributed by atoms with E-state index < -0.39 is 0 Å². The van der Waals surface area contributed by atoms with Crippen LogP contribution in [0.2, 0.25) is 0 Å². The van der Waals surface area contributed by atoms with Crippen molar-refractivity contribution in [1.82, 2.24) is 9.88 Å². The molecular formula is C12H13N3S. The first-order valence-corrected chi connectivity index (χ1v) is 5.96. The molecule has 0 spiro atoms. The molecule has 0 bridgehead atoms. The van der Waals surface area contributed by atoms with Gasteiger partial charge in [-0.3, -0.25) is 4.90 Å². The van der Waals surface area contributed by atoms with Gasteiger partial charge in [0, 0.05) is 0 Å². The second kappa shape index (κ2) is 4.60. The van der Waals surface area contributed by atoms with Crippen LogP contribution in [0.15, 0.2) is 24.3 Å². The molecule has 0 saturated carbocycles. The molecule has 1 aromatic carbocycles. The lowest BCUT2D eigenvalue weighted by molar-refractivity contribution is 0.294. The van der Waals surface area contributed by atoms with E-state index in [1.165, 1.54) is 4.70 Å². The minimum Gasteiger partial charge on any atom is -0.285 e. The molecule has 0 N–H and O–H groups in total. The Labute approximate surface area is 99.0 Å². The molecule has 82 valence electrons. The van der Waals surface area contributed by atoms with Crippen LogP contribution in [0.3, 0.4) is 0 Å². The van der Waals surface area contributed by atoms with Crippen molar-refractivity contribution in [3.05, 3.63) is 29.3 Å². The fourth-order valence-electron chi connectivity index (χ4n) is 1.44. The van der Waals surface area contributed by atoms with Crippen LogP contribution in [0.5, 0.6) is 0 Å². The molecule has 4 heteroatoms. The van der Waals surface area contributed by atoms with E-state index >= 15 is 0 Å². The summed E-state index contributed by atoms with van der Waals surface area (Å²) in [5.41, 5.74) is 1.04. The van der Waals surface area contributed by atoms with Crippen molar-refractivity contribution in [2.75, 3.05) is 7.05 Å². The fraction of sp³-hybridized carbons (Fsp3) is 0.333. The fourth-order valence-corrected chi connectivity index (χ4v) is 2.47. The number of benzene rings is 1. The van der Waals surface area contributed by atoms with Gasteiger partial charge in [0.25, 0.3) is 0 Å². The van der Waals surface area contributed by atoms with Gasteiger partial charge in [0.2, 0.25) is 0 Å². The average Bonchev–Trinajstić information content (AvgIpc) is 2.69. The summed E-state index contributed by atoms with van der Waals surface area (Å²) < 4.78 is 1.20. The highest BCUT2D eigenvalue weighted by atomic mass is 32.1. The van der Waals surface area contributed by atoms with Gasteiger partial charge in [0.05, 0.1) is 28.9 Å². The molecule has 0 amide bonds. The van der Waals surface area contributed by atoms with Crippen molar-refractivity contribution in [3.8, 4) is 6.07 Å². The maximum absolute atomic E-state index is 8.81. The summed E-state index contributed by atoms with van der Waals surface area (Å²) in [5.74, 6) is 0. The zero-order valence-electron chi connectivity index (χ0n) is 9.34. The first kappa shape index (κ1) is 11.1. The molecule has 0 fully saturated rings. The summed E-state index contributed by atoms with van der Waals surface area (Å²) in [5, 5.41) is 9.88. The predicted octanol–water partition coefficient (Wildman–Crippen LogP) is 2.64. The highest BCUT2D eigenvalue weighted by Gasteiger charge is 2.11. The van der Waals surface area contributed by atoms with Gasteiger partial charge in [0.15, 0.2) is 0 Å². The van der Waals surface area contributed by atoms with E-state index in [1.807, 2.05) is 37.1 Å². The van der Waals surface area contributed by atoms with Crippen LogP contribution in [0.4, 0.5) is 0 Å². The Hall–Kier alpha value is -1.44. The van der Waals surface area contributed by atoms with E-state index in [2.05, 4.69) is 17.1 Å². The van der Waals surface area contributed by atoms with Crippen molar-refractivity contribution in [1.29, 1.82) is 5.26 Å². The van der Waals surface area contributed by atoms with Crippen LogP contribution in [-0.4, -0.2) is 23.0 Å². The average molecular weight is 231 g/mol. The van der Waals surface area contributed by atoms with Crippen LogP contribution >= 0.6 is 11.3 Å². The van der Waals surface area contributed by atoms with E-state index in [4.69, 9.17) is 5.26 Å². The normalized spacial score (nSPS) is 12.9. The summed E-state index contributed by atoms with van der Waals surface area (Å²) in [6, 6.07) is 10.2. The van der Waals surface area contributed by atoms with Gasteiger partial charge in [-0.25, -0.2) is 4.98 Å². The standard InChI is InChI=1S/C12H13N3S/c1-9(7-13)15(2)8-12-14-10-5-3-4-6-11(10)16-12/h3-6,9H,8H2,1-2H3. The third-order valence-electron chi connectivity index (χ3n) is 2.57. The molecule has 3 nitrogen and oxygen atoms in total. The van der Waals surface area contributed by atoms with E-state index in [9.17, 15) is 0 Å². The van der Waals surface area contributed by atoms with Crippen LogP contribution in [0.1, 0.15) is 11.9 Å². The predicted molar refractivity (Wildman–Crippen MR) is 66.2 cm³/mol. The highest BCUT2D eigenvalue weighted by Crippen LogP contribution is 2.22. The number of aromatic nitrogens is 1. The minimum absolute atomic E-state index is 0.0768. The molecule has 1 atom stereocenters. The Morgan fingerprint density at radius 3 is 2.94 bits per heavy atom. The quantitative estimate of drug-likeness (QED) is 0.815. The number of rotatable bonds is 3. The van der Waals surface area contributed by atoms with Gasteiger partial charge in [-0.2, -0.15) is 5.26 Å². The summed E-state index contributed by atoms with van der Waals surface area (Å²) in [4.78, 5) is 6.53. The molecule has 0 aliphatic heterocycles. The van der Waals surface area contributed by atoms with Gasteiger partial charge in [-0.1, -0.05) is 12.1 Å².